The van der Waals surface area contributed by atoms with E-state index in [1.165, 1.54) is 23.3 Å². The van der Waals surface area contributed by atoms with Crippen LogP contribution in [0, 0.1) is 17.0 Å². The van der Waals surface area contributed by atoms with Crippen LogP contribution in [0.15, 0.2) is 36.8 Å². The van der Waals surface area contributed by atoms with Crippen LogP contribution in [0.25, 0.3) is 17.2 Å². The van der Waals surface area contributed by atoms with Gasteiger partial charge in [0.25, 0.3) is 5.95 Å². The quantitative estimate of drug-likeness (QED) is 0.316. The standard InChI is InChI=1S/C26H24ClF2N7O2S/c1-25(2)15-6-9-26(25,23-14(15)12-18(33-34-23)21-17(28)5-4-16(27)22(21)29)19-7-10-30-24(32-19)36-13-31-20(35-36)8-11-39(3,37)38/h4-5,7,10,12-13,15H,6,8-9,11H2,1-3H3/t15-,26+/m0/s1. The van der Waals surface area contributed by atoms with Crippen LogP contribution in [-0.4, -0.2) is 55.4 Å². The molecule has 2 aliphatic carbocycles. The number of fused-ring (bicyclic) bond motifs is 5. The molecule has 0 unspecified atom stereocenters. The molecule has 4 aromatic rings. The second-order valence-electron chi connectivity index (χ2n) is 10.7. The minimum absolute atomic E-state index is 0.0585. The van der Waals surface area contributed by atoms with Gasteiger partial charge in [0.15, 0.2) is 11.6 Å². The van der Waals surface area contributed by atoms with Crippen LogP contribution >= 0.6 is 11.6 Å². The smallest absolute Gasteiger partial charge is 0.229 e. The summed E-state index contributed by atoms with van der Waals surface area (Å²) in [7, 11) is -3.15. The van der Waals surface area contributed by atoms with Crippen molar-refractivity contribution in [2.24, 2.45) is 5.41 Å². The average Bonchev–Trinajstić information content (AvgIpc) is 3.53. The van der Waals surface area contributed by atoms with E-state index in [2.05, 4.69) is 39.1 Å². The first-order chi connectivity index (χ1) is 18.4. The van der Waals surface area contributed by atoms with Gasteiger partial charge in [-0.15, -0.1) is 10.2 Å². The van der Waals surface area contributed by atoms with E-state index in [0.29, 0.717) is 11.8 Å². The van der Waals surface area contributed by atoms with E-state index in [1.807, 2.05) is 6.07 Å². The molecular formula is C26H24ClF2N7O2S. The zero-order valence-electron chi connectivity index (χ0n) is 21.4. The minimum atomic E-state index is -3.15. The lowest BCUT2D eigenvalue weighted by atomic mass is 9.66. The summed E-state index contributed by atoms with van der Waals surface area (Å²) in [5, 5.41) is 13.0. The van der Waals surface area contributed by atoms with Gasteiger partial charge in [-0.3, -0.25) is 0 Å². The molecule has 0 radical (unpaired) electrons. The first-order valence-electron chi connectivity index (χ1n) is 12.4. The summed E-state index contributed by atoms with van der Waals surface area (Å²) in [5.41, 5.74) is 1.21. The second-order valence-corrected chi connectivity index (χ2v) is 13.4. The van der Waals surface area contributed by atoms with Gasteiger partial charge >= 0.3 is 0 Å². The van der Waals surface area contributed by atoms with E-state index in [0.717, 1.165) is 35.9 Å². The third kappa shape index (κ3) is 3.95. The zero-order valence-corrected chi connectivity index (χ0v) is 22.9. The Kier molecular flexibility index (Phi) is 5.85. The summed E-state index contributed by atoms with van der Waals surface area (Å²) in [6, 6.07) is 5.86. The maximum absolute atomic E-state index is 14.8. The van der Waals surface area contributed by atoms with Crippen molar-refractivity contribution in [3.63, 3.8) is 0 Å². The molecular weight excluding hydrogens is 548 g/mol. The van der Waals surface area contributed by atoms with Gasteiger partial charge in [0.05, 0.1) is 38.8 Å². The van der Waals surface area contributed by atoms with Crippen LogP contribution in [0.1, 0.15) is 55.4 Å². The predicted molar refractivity (Wildman–Crippen MR) is 139 cm³/mol. The summed E-state index contributed by atoms with van der Waals surface area (Å²) in [4.78, 5) is 13.4. The number of hydrogen-bond donors (Lipinski definition) is 0. The Hall–Kier alpha value is -3.38. The van der Waals surface area contributed by atoms with Crippen LogP contribution in [0.4, 0.5) is 8.78 Å². The number of sulfone groups is 1. The monoisotopic (exact) mass is 571 g/mol. The van der Waals surface area contributed by atoms with Crippen LogP contribution in [0.2, 0.25) is 5.02 Å². The van der Waals surface area contributed by atoms with Crippen LogP contribution in [0.3, 0.4) is 0 Å². The Balaban J connectivity index is 1.42. The van der Waals surface area contributed by atoms with Gasteiger partial charge in [-0.1, -0.05) is 25.4 Å². The summed E-state index contributed by atoms with van der Waals surface area (Å²) in [5.74, 6) is -0.949. The Morgan fingerprint density at radius 3 is 2.72 bits per heavy atom. The number of aryl methyl sites for hydroxylation is 1. The molecule has 2 atom stereocenters. The van der Waals surface area contributed by atoms with Gasteiger partial charge < -0.3 is 0 Å². The molecule has 13 heteroatoms. The van der Waals surface area contributed by atoms with Crippen LogP contribution in [0.5, 0.6) is 0 Å². The molecule has 0 spiro atoms. The Bertz CT molecular complexity index is 1740. The summed E-state index contributed by atoms with van der Waals surface area (Å²) in [6.45, 7) is 4.29. The van der Waals surface area contributed by atoms with E-state index in [9.17, 15) is 17.2 Å². The largest absolute Gasteiger partial charge is 0.252 e. The van der Waals surface area contributed by atoms with Crippen molar-refractivity contribution in [1.82, 2.24) is 34.9 Å². The number of benzene rings is 1. The van der Waals surface area contributed by atoms with Crippen molar-refractivity contribution in [1.29, 1.82) is 0 Å². The highest BCUT2D eigenvalue weighted by Crippen LogP contribution is 2.69. The normalized spacial score (nSPS) is 21.3. The zero-order chi connectivity index (χ0) is 27.7. The molecule has 2 aliphatic rings. The highest BCUT2D eigenvalue weighted by Gasteiger charge is 2.65. The number of aromatic nitrogens is 7. The topological polar surface area (TPSA) is 116 Å². The number of rotatable bonds is 6. The van der Waals surface area contributed by atoms with Gasteiger partial charge in [0, 0.05) is 18.9 Å². The third-order valence-corrected chi connectivity index (χ3v) is 9.44. The Labute approximate surface area is 228 Å². The third-order valence-electron chi connectivity index (χ3n) is 8.20. The van der Waals surface area contributed by atoms with Crippen molar-refractivity contribution in [3.05, 3.63) is 76.2 Å². The summed E-state index contributed by atoms with van der Waals surface area (Å²) in [6.07, 6.45) is 6.05. The first kappa shape index (κ1) is 25.9. The van der Waals surface area contributed by atoms with Crippen LogP contribution in [-0.2, 0) is 21.7 Å². The highest BCUT2D eigenvalue weighted by atomic mass is 35.5. The van der Waals surface area contributed by atoms with Gasteiger partial charge in [-0.25, -0.2) is 32.2 Å². The molecule has 2 bridgehead atoms. The van der Waals surface area contributed by atoms with Crippen molar-refractivity contribution >= 4 is 21.4 Å². The number of hydrogen-bond acceptors (Lipinski definition) is 8. The van der Waals surface area contributed by atoms with E-state index in [1.54, 1.807) is 12.3 Å². The Morgan fingerprint density at radius 2 is 1.95 bits per heavy atom. The molecule has 1 aromatic carbocycles. The lowest BCUT2D eigenvalue weighted by Crippen LogP contribution is -2.38. The van der Waals surface area contributed by atoms with E-state index >= 15 is 0 Å². The van der Waals surface area contributed by atoms with E-state index < -0.39 is 26.9 Å². The van der Waals surface area contributed by atoms with Crippen molar-refractivity contribution in [2.45, 2.75) is 44.4 Å². The lowest BCUT2D eigenvalue weighted by Gasteiger charge is -2.37. The SMILES string of the molecule is CC1(C)[C@H]2CC[C@@]1(c1ccnc(-n3cnc(CCS(C)(=O)=O)n3)n1)c1nnc(-c3c(F)ccc(Cl)c3F)cc12. The van der Waals surface area contributed by atoms with Crippen molar-refractivity contribution in [2.75, 3.05) is 12.0 Å². The summed E-state index contributed by atoms with van der Waals surface area (Å²) < 4.78 is 53.9. The molecule has 0 aliphatic heterocycles. The fourth-order valence-electron chi connectivity index (χ4n) is 6.26. The van der Waals surface area contributed by atoms with Gasteiger partial charge in [-0.2, -0.15) is 9.78 Å². The maximum atomic E-state index is 14.8. The summed E-state index contributed by atoms with van der Waals surface area (Å²) >= 11 is 5.93. The second kappa shape index (κ2) is 8.82. The minimum Gasteiger partial charge on any atom is -0.229 e. The van der Waals surface area contributed by atoms with Crippen molar-refractivity contribution in [3.8, 4) is 17.2 Å². The molecule has 9 nitrogen and oxygen atoms in total. The molecule has 3 heterocycles. The predicted octanol–water partition coefficient (Wildman–Crippen LogP) is 4.24. The van der Waals surface area contributed by atoms with E-state index in [4.69, 9.17) is 16.6 Å². The molecule has 6 rings (SSSR count). The average molecular weight is 572 g/mol. The molecule has 1 fully saturated rings. The number of halogens is 3. The fourth-order valence-corrected chi connectivity index (χ4v) is 6.97. The molecule has 202 valence electrons. The molecule has 0 N–H and O–H groups in total. The van der Waals surface area contributed by atoms with Gasteiger partial charge in [-0.05, 0) is 54.0 Å². The molecule has 3 aromatic heterocycles. The maximum Gasteiger partial charge on any atom is 0.252 e. The highest BCUT2D eigenvalue weighted by molar-refractivity contribution is 7.90. The molecule has 0 saturated heterocycles. The van der Waals surface area contributed by atoms with Gasteiger partial charge in [0.1, 0.15) is 22.0 Å². The van der Waals surface area contributed by atoms with Crippen LogP contribution < -0.4 is 0 Å². The first-order valence-corrected chi connectivity index (χ1v) is 14.8. The molecule has 1 saturated carbocycles. The molecule has 39 heavy (non-hydrogen) atoms. The fraction of sp³-hybridized carbons (Fsp3) is 0.385. The lowest BCUT2D eigenvalue weighted by molar-refractivity contribution is 0.242. The Morgan fingerprint density at radius 1 is 1.15 bits per heavy atom. The van der Waals surface area contributed by atoms with Crippen molar-refractivity contribution < 1.29 is 17.2 Å². The number of nitrogens with zero attached hydrogens (tertiary/aromatic N) is 7. The molecule has 0 amide bonds. The van der Waals surface area contributed by atoms with Gasteiger partial charge in [0.2, 0.25) is 0 Å². The van der Waals surface area contributed by atoms with E-state index in [-0.39, 0.29) is 39.8 Å².